The van der Waals surface area contributed by atoms with Gasteiger partial charge < -0.3 is 20.7 Å². The van der Waals surface area contributed by atoms with Crippen LogP contribution in [0.3, 0.4) is 0 Å². The Bertz CT molecular complexity index is 1840. The highest BCUT2D eigenvalue weighted by Gasteiger charge is 2.42. The Hall–Kier alpha value is -5.31. The lowest BCUT2D eigenvalue weighted by Crippen LogP contribution is -2.30. The molecule has 250 valence electrons. The maximum Gasteiger partial charge on any atom is 0.422 e. The van der Waals surface area contributed by atoms with E-state index in [0.29, 0.717) is 22.8 Å². The predicted octanol–water partition coefficient (Wildman–Crippen LogP) is 7.80. The molecule has 15 heteroatoms. The number of hydrogen-bond acceptors (Lipinski definition) is 5. The number of rotatable bonds is 11. The molecular formula is C33H24F7N3O4S. The number of para-hydroxylation sites is 1. The number of carbonyl (C=O) groups is 3. The van der Waals surface area contributed by atoms with E-state index in [1.807, 2.05) is 0 Å². The molecule has 0 saturated carbocycles. The Morgan fingerprint density at radius 3 is 2.10 bits per heavy atom. The van der Waals surface area contributed by atoms with Crippen molar-refractivity contribution in [3.05, 3.63) is 125 Å². The van der Waals surface area contributed by atoms with Crippen LogP contribution in [0, 0.1) is 23.3 Å². The summed E-state index contributed by atoms with van der Waals surface area (Å²) in [6.45, 7) is 2.12. The van der Waals surface area contributed by atoms with Gasteiger partial charge in [-0.05, 0) is 49.4 Å². The number of nitrogens with one attached hydrogen (secondary N) is 3. The SMILES string of the molecule is CCOc1ccccc1/C=C(/NC(=O)c1ccccc1)C(=O)Nc1cccc(SCC(=O)Nc2c(F)c(F)c(C(F)(F)F)c(F)c2F)c1. The number of anilines is 2. The zero-order chi connectivity index (χ0) is 35.0. The van der Waals surface area contributed by atoms with E-state index in [2.05, 4.69) is 10.6 Å². The van der Waals surface area contributed by atoms with Crippen molar-refractivity contribution in [1.82, 2.24) is 5.32 Å². The maximum absolute atomic E-state index is 14.2. The summed E-state index contributed by atoms with van der Waals surface area (Å²) in [5.74, 6) is -12.9. The van der Waals surface area contributed by atoms with Crippen molar-refractivity contribution in [2.75, 3.05) is 23.0 Å². The van der Waals surface area contributed by atoms with Crippen molar-refractivity contribution in [3.63, 3.8) is 0 Å². The summed E-state index contributed by atoms with van der Waals surface area (Å²) in [6, 6.07) is 20.9. The highest BCUT2D eigenvalue weighted by atomic mass is 32.2. The van der Waals surface area contributed by atoms with Crippen LogP contribution in [0.4, 0.5) is 42.1 Å². The summed E-state index contributed by atoms with van der Waals surface area (Å²) in [5, 5.41) is 6.78. The zero-order valence-electron chi connectivity index (χ0n) is 24.7. The van der Waals surface area contributed by atoms with Gasteiger partial charge in [-0.2, -0.15) is 13.2 Å². The monoisotopic (exact) mass is 691 g/mol. The Morgan fingerprint density at radius 2 is 1.46 bits per heavy atom. The molecule has 0 bridgehead atoms. The summed E-state index contributed by atoms with van der Waals surface area (Å²) >= 11 is 0.766. The number of amides is 3. The van der Waals surface area contributed by atoms with Crippen molar-refractivity contribution in [2.45, 2.75) is 18.0 Å². The minimum atomic E-state index is -5.73. The second-order valence-electron chi connectivity index (χ2n) is 9.67. The van der Waals surface area contributed by atoms with Crippen LogP contribution >= 0.6 is 11.8 Å². The molecule has 0 saturated heterocycles. The van der Waals surface area contributed by atoms with Crippen LogP contribution in [0.15, 0.2) is 89.5 Å². The van der Waals surface area contributed by atoms with Crippen LogP contribution in [0.25, 0.3) is 6.08 Å². The number of ether oxygens (including phenoxy) is 1. The lowest BCUT2D eigenvalue weighted by molar-refractivity contribution is -0.143. The molecule has 0 aromatic heterocycles. The van der Waals surface area contributed by atoms with Crippen LogP contribution in [0.2, 0.25) is 0 Å². The highest BCUT2D eigenvalue weighted by molar-refractivity contribution is 8.00. The predicted molar refractivity (Wildman–Crippen MR) is 165 cm³/mol. The van der Waals surface area contributed by atoms with E-state index in [9.17, 15) is 45.1 Å². The maximum atomic E-state index is 14.2. The van der Waals surface area contributed by atoms with Crippen LogP contribution in [0.1, 0.15) is 28.4 Å². The standard InChI is InChI=1S/C33H24F7N3O4S/c1-2-47-23-14-7-6-11-19(23)15-22(42-31(45)18-9-4-3-5-10-18)32(46)41-20-12-8-13-21(16-20)48-17-24(44)43-30-28(36)26(34)25(33(38,39)40)27(35)29(30)37/h3-16H,2,17H2,1H3,(H,41,46)(H,42,45)(H,43,44)/b22-15+. The molecular weight excluding hydrogens is 667 g/mol. The van der Waals surface area contributed by atoms with Gasteiger partial charge >= 0.3 is 6.18 Å². The van der Waals surface area contributed by atoms with Gasteiger partial charge in [0.15, 0.2) is 23.3 Å². The molecule has 0 spiro atoms. The summed E-state index contributed by atoms with van der Waals surface area (Å²) in [5.41, 5.74) is -3.64. The summed E-state index contributed by atoms with van der Waals surface area (Å²) in [6.07, 6.45) is -4.30. The summed E-state index contributed by atoms with van der Waals surface area (Å²) < 4.78 is 100. The van der Waals surface area contributed by atoms with Gasteiger partial charge in [0.05, 0.1) is 12.4 Å². The van der Waals surface area contributed by atoms with E-state index >= 15 is 0 Å². The molecule has 3 N–H and O–H groups in total. The first kappa shape index (κ1) is 35.5. The lowest BCUT2D eigenvalue weighted by Gasteiger charge is -2.15. The van der Waals surface area contributed by atoms with Crippen molar-refractivity contribution in [2.24, 2.45) is 0 Å². The molecule has 3 amide bonds. The second-order valence-corrected chi connectivity index (χ2v) is 10.7. The van der Waals surface area contributed by atoms with E-state index in [1.165, 1.54) is 30.3 Å². The van der Waals surface area contributed by atoms with Gasteiger partial charge in [0, 0.05) is 21.7 Å². The van der Waals surface area contributed by atoms with E-state index in [-0.39, 0.29) is 16.9 Å². The first-order chi connectivity index (χ1) is 22.8. The third kappa shape index (κ3) is 8.73. The van der Waals surface area contributed by atoms with Gasteiger partial charge in [0.25, 0.3) is 11.8 Å². The number of thioether (sulfide) groups is 1. The average Bonchev–Trinajstić information content (AvgIpc) is 3.05. The molecule has 0 aliphatic carbocycles. The van der Waals surface area contributed by atoms with Gasteiger partial charge in [-0.15, -0.1) is 11.8 Å². The Labute approximate surface area is 273 Å². The minimum absolute atomic E-state index is 0.145. The van der Waals surface area contributed by atoms with Gasteiger partial charge in [-0.25, -0.2) is 17.6 Å². The van der Waals surface area contributed by atoms with E-state index in [0.717, 1.165) is 11.8 Å². The first-order valence-electron chi connectivity index (χ1n) is 13.9. The summed E-state index contributed by atoms with van der Waals surface area (Å²) in [7, 11) is 0. The fourth-order valence-corrected chi connectivity index (χ4v) is 4.92. The van der Waals surface area contributed by atoms with Crippen molar-refractivity contribution < 1.29 is 49.9 Å². The number of carbonyl (C=O) groups excluding carboxylic acids is 3. The zero-order valence-corrected chi connectivity index (χ0v) is 25.5. The first-order valence-corrected chi connectivity index (χ1v) is 14.9. The van der Waals surface area contributed by atoms with Crippen LogP contribution in [-0.4, -0.2) is 30.1 Å². The van der Waals surface area contributed by atoms with Gasteiger partial charge in [0.1, 0.15) is 22.7 Å². The molecule has 4 aromatic carbocycles. The molecule has 4 rings (SSSR count). The average molecular weight is 692 g/mol. The molecule has 4 aromatic rings. The molecule has 0 aliphatic heterocycles. The Morgan fingerprint density at radius 1 is 0.812 bits per heavy atom. The van der Waals surface area contributed by atoms with Crippen LogP contribution < -0.4 is 20.7 Å². The number of alkyl halides is 3. The molecule has 7 nitrogen and oxygen atoms in total. The molecule has 0 atom stereocenters. The smallest absolute Gasteiger partial charge is 0.422 e. The van der Waals surface area contributed by atoms with Gasteiger partial charge in [-0.1, -0.05) is 42.5 Å². The molecule has 48 heavy (non-hydrogen) atoms. The molecule has 0 aliphatic rings. The third-order valence-electron chi connectivity index (χ3n) is 6.32. The van der Waals surface area contributed by atoms with E-state index < -0.39 is 64.2 Å². The molecule has 0 unspecified atom stereocenters. The quantitative estimate of drug-likeness (QED) is 0.0646. The fourth-order valence-electron chi connectivity index (χ4n) is 4.16. The minimum Gasteiger partial charge on any atom is -0.493 e. The van der Waals surface area contributed by atoms with Crippen molar-refractivity contribution in [1.29, 1.82) is 0 Å². The molecule has 0 heterocycles. The number of hydrogen-bond donors (Lipinski definition) is 3. The van der Waals surface area contributed by atoms with Gasteiger partial charge in [-0.3, -0.25) is 14.4 Å². The highest BCUT2D eigenvalue weighted by Crippen LogP contribution is 2.38. The second kappa shape index (κ2) is 15.5. The normalized spacial score (nSPS) is 11.5. The van der Waals surface area contributed by atoms with Crippen LogP contribution in [0.5, 0.6) is 5.75 Å². The third-order valence-corrected chi connectivity index (χ3v) is 7.31. The fraction of sp³-hybridized carbons (Fsp3) is 0.121. The van der Waals surface area contributed by atoms with E-state index in [1.54, 1.807) is 66.8 Å². The lowest BCUT2D eigenvalue weighted by atomic mass is 10.1. The molecule has 0 fully saturated rings. The largest absolute Gasteiger partial charge is 0.493 e. The molecule has 0 radical (unpaired) electrons. The number of benzene rings is 4. The number of halogens is 7. The van der Waals surface area contributed by atoms with Crippen LogP contribution in [-0.2, 0) is 15.8 Å². The Kier molecular flexibility index (Phi) is 11.5. The topological polar surface area (TPSA) is 96.5 Å². The van der Waals surface area contributed by atoms with Crippen molar-refractivity contribution in [3.8, 4) is 5.75 Å². The van der Waals surface area contributed by atoms with E-state index in [4.69, 9.17) is 4.74 Å². The Balaban J connectivity index is 1.50. The summed E-state index contributed by atoms with van der Waals surface area (Å²) in [4.78, 5) is 39.1. The van der Waals surface area contributed by atoms with Crippen molar-refractivity contribution >= 4 is 46.9 Å². The van der Waals surface area contributed by atoms with Gasteiger partial charge in [0.2, 0.25) is 5.91 Å².